The molecule has 1 aromatic carbocycles. The summed E-state index contributed by atoms with van der Waals surface area (Å²) >= 11 is 5.89. The molecule has 0 saturated heterocycles. The summed E-state index contributed by atoms with van der Waals surface area (Å²) in [5.74, 6) is -0.187. The molecule has 1 unspecified atom stereocenters. The molecule has 0 aromatic heterocycles. The van der Waals surface area contributed by atoms with Crippen molar-refractivity contribution in [2.75, 3.05) is 25.0 Å². The lowest BCUT2D eigenvalue weighted by Gasteiger charge is -2.15. The Morgan fingerprint density at radius 2 is 2.16 bits per heavy atom. The lowest BCUT2D eigenvalue weighted by molar-refractivity contribution is -0.145. The molecule has 5 heteroatoms. The molecule has 0 aliphatic carbocycles. The molecular formula is C14H21ClN2O2. The zero-order valence-corrected chi connectivity index (χ0v) is 12.2. The quantitative estimate of drug-likeness (QED) is 0.569. The highest BCUT2D eigenvalue weighted by atomic mass is 35.5. The van der Waals surface area contributed by atoms with E-state index in [1.54, 1.807) is 0 Å². The normalized spacial score (nSPS) is 11.9. The fraction of sp³-hybridized carbons (Fsp3) is 0.500. The summed E-state index contributed by atoms with van der Waals surface area (Å²) in [6, 6.07) is 7.31. The number of ether oxygens (including phenoxy) is 1. The molecule has 0 amide bonds. The van der Waals surface area contributed by atoms with Gasteiger partial charge in [0.15, 0.2) is 0 Å². The zero-order valence-electron chi connectivity index (χ0n) is 11.4. The molecule has 1 rings (SSSR count). The Morgan fingerprint density at radius 3 is 2.79 bits per heavy atom. The van der Waals surface area contributed by atoms with Crippen LogP contribution in [0, 0.1) is 0 Å². The first-order valence-electron chi connectivity index (χ1n) is 6.56. The van der Waals surface area contributed by atoms with E-state index in [1.165, 1.54) is 0 Å². The average molecular weight is 285 g/mol. The number of carbonyl (C=O) groups is 1. The number of halogens is 1. The fourth-order valence-electron chi connectivity index (χ4n) is 1.69. The van der Waals surface area contributed by atoms with Crippen molar-refractivity contribution in [2.45, 2.75) is 26.3 Å². The molecule has 0 aliphatic heterocycles. The molecule has 106 valence electrons. The summed E-state index contributed by atoms with van der Waals surface area (Å²) in [7, 11) is 0. The molecular weight excluding hydrogens is 264 g/mol. The number of benzene rings is 1. The van der Waals surface area contributed by atoms with Gasteiger partial charge < -0.3 is 15.4 Å². The smallest absolute Gasteiger partial charge is 0.323 e. The van der Waals surface area contributed by atoms with Gasteiger partial charge in [-0.15, -0.1) is 0 Å². The van der Waals surface area contributed by atoms with E-state index in [9.17, 15) is 4.79 Å². The van der Waals surface area contributed by atoms with Crippen molar-refractivity contribution in [3.63, 3.8) is 0 Å². The van der Waals surface area contributed by atoms with Crippen LogP contribution in [0.25, 0.3) is 0 Å². The van der Waals surface area contributed by atoms with Crippen LogP contribution in [0.5, 0.6) is 0 Å². The third-order valence-corrected chi connectivity index (χ3v) is 2.88. The van der Waals surface area contributed by atoms with Crippen LogP contribution in [0.4, 0.5) is 5.69 Å². The molecule has 4 nitrogen and oxygen atoms in total. The number of hydrogen-bond acceptors (Lipinski definition) is 4. The molecule has 0 radical (unpaired) electrons. The Kier molecular flexibility index (Phi) is 7.30. The largest absolute Gasteiger partial charge is 0.465 e. The minimum Gasteiger partial charge on any atom is -0.465 e. The second kappa shape index (κ2) is 8.77. The summed E-state index contributed by atoms with van der Waals surface area (Å²) < 4.78 is 4.99. The molecule has 2 N–H and O–H groups in total. The lowest BCUT2D eigenvalue weighted by atomic mass is 10.2. The molecule has 1 aromatic rings. The van der Waals surface area contributed by atoms with Gasteiger partial charge >= 0.3 is 5.97 Å². The standard InChI is InChI=1S/C14H21ClN2O2/c1-3-13(14(18)19-4-2)17-9-8-16-12-7-5-6-11(15)10-12/h5-7,10,13,16-17H,3-4,8-9H2,1-2H3. The van der Waals surface area contributed by atoms with Gasteiger partial charge in [0.25, 0.3) is 0 Å². The minimum absolute atomic E-state index is 0.187. The molecule has 0 heterocycles. The zero-order chi connectivity index (χ0) is 14.1. The topological polar surface area (TPSA) is 50.4 Å². The second-order valence-electron chi connectivity index (χ2n) is 4.10. The van der Waals surface area contributed by atoms with Gasteiger partial charge in [-0.05, 0) is 31.5 Å². The van der Waals surface area contributed by atoms with Crippen molar-refractivity contribution in [1.82, 2.24) is 5.32 Å². The molecule has 0 bridgehead atoms. The van der Waals surface area contributed by atoms with Gasteiger partial charge in [-0.3, -0.25) is 4.79 Å². The van der Waals surface area contributed by atoms with Crippen LogP contribution in [-0.4, -0.2) is 31.7 Å². The summed E-state index contributed by atoms with van der Waals surface area (Å²) in [6.45, 7) is 5.59. The average Bonchev–Trinajstić information content (AvgIpc) is 2.39. The van der Waals surface area contributed by atoms with E-state index < -0.39 is 0 Å². The monoisotopic (exact) mass is 284 g/mol. The third kappa shape index (κ3) is 5.94. The van der Waals surface area contributed by atoms with Crippen molar-refractivity contribution in [3.8, 4) is 0 Å². The maximum absolute atomic E-state index is 11.6. The van der Waals surface area contributed by atoms with Crippen LogP contribution in [0.15, 0.2) is 24.3 Å². The molecule has 0 aliphatic rings. The van der Waals surface area contributed by atoms with E-state index in [0.29, 0.717) is 18.2 Å². The lowest BCUT2D eigenvalue weighted by Crippen LogP contribution is -2.39. The van der Waals surface area contributed by atoms with Crippen LogP contribution in [0.3, 0.4) is 0 Å². The first kappa shape index (κ1) is 15.8. The Morgan fingerprint density at radius 1 is 1.37 bits per heavy atom. The predicted octanol–water partition coefficient (Wildman–Crippen LogP) is 2.68. The Hall–Kier alpha value is -1.26. The Labute approximate surface area is 119 Å². The maximum atomic E-state index is 11.6. The maximum Gasteiger partial charge on any atom is 0.323 e. The number of rotatable bonds is 8. The minimum atomic E-state index is -0.235. The van der Waals surface area contributed by atoms with E-state index >= 15 is 0 Å². The fourth-order valence-corrected chi connectivity index (χ4v) is 1.88. The molecule has 0 fully saturated rings. The predicted molar refractivity (Wildman–Crippen MR) is 78.7 cm³/mol. The highest BCUT2D eigenvalue weighted by Gasteiger charge is 2.15. The molecule has 0 spiro atoms. The van der Waals surface area contributed by atoms with Crippen molar-refractivity contribution < 1.29 is 9.53 Å². The summed E-state index contributed by atoms with van der Waals surface area (Å²) in [5, 5.41) is 7.11. The van der Waals surface area contributed by atoms with Crippen LogP contribution in [0.2, 0.25) is 5.02 Å². The van der Waals surface area contributed by atoms with Gasteiger partial charge in [0.1, 0.15) is 6.04 Å². The number of nitrogens with one attached hydrogen (secondary N) is 2. The van der Waals surface area contributed by atoms with Crippen LogP contribution < -0.4 is 10.6 Å². The summed E-state index contributed by atoms with van der Waals surface area (Å²) in [6.07, 6.45) is 0.718. The van der Waals surface area contributed by atoms with E-state index in [4.69, 9.17) is 16.3 Å². The number of esters is 1. The second-order valence-corrected chi connectivity index (χ2v) is 4.54. The highest BCUT2D eigenvalue weighted by molar-refractivity contribution is 6.30. The highest BCUT2D eigenvalue weighted by Crippen LogP contribution is 2.14. The molecule has 1 atom stereocenters. The first-order chi connectivity index (χ1) is 9.17. The van der Waals surface area contributed by atoms with Crippen molar-refractivity contribution in [2.24, 2.45) is 0 Å². The first-order valence-corrected chi connectivity index (χ1v) is 6.94. The number of carbonyl (C=O) groups excluding carboxylic acids is 1. The Bertz CT molecular complexity index is 399. The van der Waals surface area contributed by atoms with E-state index in [0.717, 1.165) is 18.7 Å². The summed E-state index contributed by atoms with van der Waals surface area (Å²) in [5.41, 5.74) is 0.971. The number of hydrogen-bond donors (Lipinski definition) is 2. The van der Waals surface area contributed by atoms with Crippen LogP contribution in [-0.2, 0) is 9.53 Å². The van der Waals surface area contributed by atoms with Gasteiger partial charge in [-0.25, -0.2) is 0 Å². The van der Waals surface area contributed by atoms with Gasteiger partial charge in [0.2, 0.25) is 0 Å². The molecule has 19 heavy (non-hydrogen) atoms. The number of anilines is 1. The van der Waals surface area contributed by atoms with Gasteiger partial charge in [0, 0.05) is 23.8 Å². The third-order valence-electron chi connectivity index (χ3n) is 2.65. The van der Waals surface area contributed by atoms with E-state index in [1.807, 2.05) is 38.1 Å². The van der Waals surface area contributed by atoms with Crippen LogP contribution >= 0.6 is 11.6 Å². The van der Waals surface area contributed by atoms with E-state index in [2.05, 4.69) is 10.6 Å². The van der Waals surface area contributed by atoms with Gasteiger partial charge in [0.05, 0.1) is 6.61 Å². The molecule has 0 saturated carbocycles. The van der Waals surface area contributed by atoms with Crippen molar-refractivity contribution in [3.05, 3.63) is 29.3 Å². The van der Waals surface area contributed by atoms with E-state index in [-0.39, 0.29) is 12.0 Å². The van der Waals surface area contributed by atoms with Crippen LogP contribution in [0.1, 0.15) is 20.3 Å². The Balaban J connectivity index is 2.27. The SMILES string of the molecule is CCOC(=O)C(CC)NCCNc1cccc(Cl)c1. The summed E-state index contributed by atoms with van der Waals surface area (Å²) in [4.78, 5) is 11.6. The van der Waals surface area contributed by atoms with Gasteiger partial charge in [-0.2, -0.15) is 0 Å². The van der Waals surface area contributed by atoms with Crippen molar-refractivity contribution >= 4 is 23.3 Å². The van der Waals surface area contributed by atoms with Crippen molar-refractivity contribution in [1.29, 1.82) is 0 Å². The van der Waals surface area contributed by atoms with Gasteiger partial charge in [-0.1, -0.05) is 24.6 Å².